The standard InChI is InChI=1S/C17H16N4O2/c1-22-14-7-6-11(8-15(14)23-2)10-19-17-20-13-5-3-4-12(9-18)16(13)21-17/h3-8H,10H2,1-2H3,(H2,19,20,21). The maximum Gasteiger partial charge on any atom is 0.201 e. The molecule has 6 heteroatoms. The summed E-state index contributed by atoms with van der Waals surface area (Å²) in [6.45, 7) is 0.571. The summed E-state index contributed by atoms with van der Waals surface area (Å²) in [7, 11) is 3.22. The molecule has 0 saturated heterocycles. The third-order valence-electron chi connectivity index (χ3n) is 3.54. The Bertz CT molecular complexity index is 880. The van der Waals surface area contributed by atoms with Crippen LogP contribution in [0.1, 0.15) is 11.1 Å². The minimum atomic E-state index is 0.554. The Kier molecular flexibility index (Phi) is 4.02. The predicted molar refractivity (Wildman–Crippen MR) is 87.7 cm³/mol. The number of ether oxygens (including phenoxy) is 2. The Morgan fingerprint density at radius 2 is 2.00 bits per heavy atom. The zero-order valence-corrected chi connectivity index (χ0v) is 12.9. The van der Waals surface area contributed by atoms with Crippen molar-refractivity contribution in [3.05, 3.63) is 47.5 Å². The summed E-state index contributed by atoms with van der Waals surface area (Å²) < 4.78 is 10.5. The van der Waals surface area contributed by atoms with Crippen molar-refractivity contribution >= 4 is 17.0 Å². The van der Waals surface area contributed by atoms with Gasteiger partial charge in [0.25, 0.3) is 0 Å². The number of imidazole rings is 1. The Morgan fingerprint density at radius 1 is 1.17 bits per heavy atom. The van der Waals surface area contributed by atoms with Crippen LogP contribution in [-0.4, -0.2) is 24.2 Å². The van der Waals surface area contributed by atoms with Gasteiger partial charge >= 0.3 is 0 Å². The van der Waals surface area contributed by atoms with E-state index in [1.165, 1.54) is 0 Å². The lowest BCUT2D eigenvalue weighted by Gasteiger charge is -2.09. The van der Waals surface area contributed by atoms with E-state index < -0.39 is 0 Å². The molecule has 0 spiro atoms. The first kappa shape index (κ1) is 14.7. The summed E-state index contributed by atoms with van der Waals surface area (Å²) in [5, 5.41) is 12.3. The molecule has 3 aromatic rings. The molecule has 0 aliphatic rings. The zero-order valence-electron chi connectivity index (χ0n) is 12.9. The summed E-state index contributed by atoms with van der Waals surface area (Å²) in [6.07, 6.45) is 0. The number of fused-ring (bicyclic) bond motifs is 1. The molecule has 0 aliphatic heterocycles. The molecule has 0 amide bonds. The number of anilines is 1. The van der Waals surface area contributed by atoms with Crippen molar-refractivity contribution in [2.24, 2.45) is 0 Å². The topological polar surface area (TPSA) is 83.0 Å². The van der Waals surface area contributed by atoms with Gasteiger partial charge in [-0.3, -0.25) is 0 Å². The van der Waals surface area contributed by atoms with Gasteiger partial charge in [0.1, 0.15) is 11.6 Å². The first-order valence-corrected chi connectivity index (χ1v) is 7.08. The number of hydrogen-bond donors (Lipinski definition) is 2. The maximum atomic E-state index is 9.11. The van der Waals surface area contributed by atoms with Crippen molar-refractivity contribution in [3.8, 4) is 17.6 Å². The Balaban J connectivity index is 1.80. The maximum absolute atomic E-state index is 9.11. The predicted octanol–water partition coefficient (Wildman–Crippen LogP) is 3.06. The zero-order chi connectivity index (χ0) is 16.2. The number of H-pyrrole nitrogens is 1. The molecule has 0 aliphatic carbocycles. The monoisotopic (exact) mass is 308 g/mol. The fourth-order valence-corrected chi connectivity index (χ4v) is 2.38. The second-order valence-corrected chi connectivity index (χ2v) is 4.94. The van der Waals surface area contributed by atoms with Crippen LogP contribution in [0.3, 0.4) is 0 Å². The first-order valence-electron chi connectivity index (χ1n) is 7.08. The van der Waals surface area contributed by atoms with Gasteiger partial charge in [0.2, 0.25) is 5.95 Å². The lowest BCUT2D eigenvalue weighted by Crippen LogP contribution is -2.01. The number of para-hydroxylation sites is 1. The third-order valence-corrected chi connectivity index (χ3v) is 3.54. The quantitative estimate of drug-likeness (QED) is 0.757. The van der Waals surface area contributed by atoms with Crippen LogP contribution in [0.2, 0.25) is 0 Å². The number of hydrogen-bond acceptors (Lipinski definition) is 5. The van der Waals surface area contributed by atoms with Gasteiger partial charge in [-0.15, -0.1) is 0 Å². The molecule has 1 heterocycles. The van der Waals surface area contributed by atoms with E-state index in [2.05, 4.69) is 21.4 Å². The number of nitrogens with zero attached hydrogens (tertiary/aromatic N) is 2. The number of rotatable bonds is 5. The molecular weight excluding hydrogens is 292 g/mol. The van der Waals surface area contributed by atoms with Crippen LogP contribution in [0, 0.1) is 11.3 Å². The fraction of sp³-hybridized carbons (Fsp3) is 0.176. The molecule has 2 aromatic carbocycles. The molecule has 6 nitrogen and oxygen atoms in total. The minimum Gasteiger partial charge on any atom is -0.493 e. The van der Waals surface area contributed by atoms with E-state index in [1.807, 2.05) is 30.3 Å². The van der Waals surface area contributed by atoms with Crippen LogP contribution in [0.5, 0.6) is 11.5 Å². The highest BCUT2D eigenvalue weighted by Gasteiger charge is 2.08. The van der Waals surface area contributed by atoms with Crippen LogP contribution in [0.4, 0.5) is 5.95 Å². The van der Waals surface area contributed by atoms with Gasteiger partial charge in [-0.05, 0) is 29.8 Å². The summed E-state index contributed by atoms with van der Waals surface area (Å²) in [4.78, 5) is 7.59. The van der Waals surface area contributed by atoms with Crippen LogP contribution in [-0.2, 0) is 6.54 Å². The lowest BCUT2D eigenvalue weighted by atomic mass is 10.2. The summed E-state index contributed by atoms with van der Waals surface area (Å²) in [5.74, 6) is 2.00. The van der Waals surface area contributed by atoms with Gasteiger partial charge in [-0.25, -0.2) is 4.98 Å². The molecule has 2 N–H and O–H groups in total. The SMILES string of the molecule is COc1ccc(CNc2nc3c(C#N)cccc3[nH]2)cc1OC. The minimum absolute atomic E-state index is 0.554. The second kappa shape index (κ2) is 6.28. The normalized spacial score (nSPS) is 10.3. The summed E-state index contributed by atoms with van der Waals surface area (Å²) in [6, 6.07) is 13.4. The molecule has 3 rings (SSSR count). The number of nitriles is 1. The van der Waals surface area contributed by atoms with Gasteiger partial charge < -0.3 is 19.8 Å². The van der Waals surface area contributed by atoms with E-state index in [0.717, 1.165) is 11.1 Å². The van der Waals surface area contributed by atoms with E-state index in [-0.39, 0.29) is 0 Å². The molecule has 0 unspecified atom stereocenters. The van der Waals surface area contributed by atoms with Crippen LogP contribution >= 0.6 is 0 Å². The molecule has 23 heavy (non-hydrogen) atoms. The number of aromatic nitrogens is 2. The number of methoxy groups -OCH3 is 2. The summed E-state index contributed by atoms with van der Waals surface area (Å²) >= 11 is 0. The smallest absolute Gasteiger partial charge is 0.201 e. The van der Waals surface area contributed by atoms with Gasteiger partial charge in [-0.1, -0.05) is 12.1 Å². The third kappa shape index (κ3) is 2.90. The van der Waals surface area contributed by atoms with Crippen molar-refractivity contribution in [2.75, 3.05) is 19.5 Å². The molecule has 0 bridgehead atoms. The van der Waals surface area contributed by atoms with Crippen molar-refractivity contribution in [2.45, 2.75) is 6.54 Å². The Hall–Kier alpha value is -3.20. The average Bonchev–Trinajstić information content (AvgIpc) is 3.02. The number of nitrogens with one attached hydrogen (secondary N) is 2. The van der Waals surface area contributed by atoms with Gasteiger partial charge in [0, 0.05) is 6.54 Å². The molecule has 0 atom stereocenters. The van der Waals surface area contributed by atoms with Crippen LogP contribution < -0.4 is 14.8 Å². The molecule has 116 valence electrons. The largest absolute Gasteiger partial charge is 0.493 e. The summed E-state index contributed by atoms with van der Waals surface area (Å²) in [5.41, 5.74) is 3.09. The fourth-order valence-electron chi connectivity index (χ4n) is 2.38. The van der Waals surface area contributed by atoms with Crippen LogP contribution in [0.15, 0.2) is 36.4 Å². The molecule has 0 fully saturated rings. The Morgan fingerprint density at radius 3 is 2.74 bits per heavy atom. The number of benzene rings is 2. The second-order valence-electron chi connectivity index (χ2n) is 4.94. The highest BCUT2D eigenvalue weighted by Crippen LogP contribution is 2.28. The number of aromatic amines is 1. The molecule has 0 saturated carbocycles. The molecular formula is C17H16N4O2. The van der Waals surface area contributed by atoms with E-state index in [1.54, 1.807) is 20.3 Å². The van der Waals surface area contributed by atoms with Crippen molar-refractivity contribution < 1.29 is 9.47 Å². The van der Waals surface area contributed by atoms with E-state index in [4.69, 9.17) is 14.7 Å². The van der Waals surface area contributed by atoms with E-state index in [0.29, 0.717) is 35.1 Å². The van der Waals surface area contributed by atoms with E-state index in [9.17, 15) is 0 Å². The van der Waals surface area contributed by atoms with Crippen LogP contribution in [0.25, 0.3) is 11.0 Å². The highest BCUT2D eigenvalue weighted by molar-refractivity contribution is 5.83. The van der Waals surface area contributed by atoms with Crippen molar-refractivity contribution in [1.82, 2.24) is 9.97 Å². The molecule has 0 radical (unpaired) electrons. The van der Waals surface area contributed by atoms with Gasteiger partial charge in [0.15, 0.2) is 11.5 Å². The van der Waals surface area contributed by atoms with Crippen molar-refractivity contribution in [3.63, 3.8) is 0 Å². The van der Waals surface area contributed by atoms with Gasteiger partial charge in [-0.2, -0.15) is 5.26 Å². The first-order chi connectivity index (χ1) is 11.2. The van der Waals surface area contributed by atoms with Gasteiger partial charge in [0.05, 0.1) is 25.3 Å². The Labute approximate surface area is 133 Å². The van der Waals surface area contributed by atoms with Crippen molar-refractivity contribution in [1.29, 1.82) is 5.26 Å². The van der Waals surface area contributed by atoms with E-state index >= 15 is 0 Å². The lowest BCUT2D eigenvalue weighted by molar-refractivity contribution is 0.354. The average molecular weight is 308 g/mol. The highest BCUT2D eigenvalue weighted by atomic mass is 16.5. The molecule has 1 aromatic heterocycles.